The molecule has 0 atom stereocenters. The summed E-state index contributed by atoms with van der Waals surface area (Å²) in [6.45, 7) is 1.55. The van der Waals surface area contributed by atoms with Crippen LogP contribution in [0.1, 0.15) is 35.2 Å². The van der Waals surface area contributed by atoms with E-state index < -0.39 is 0 Å². The SMILES string of the molecule is O=C(/C=C/c1ccc(Cl)cc1)Nc1ccccc1C(=O)N1CCCCC1. The first kappa shape index (κ1) is 18.2. The van der Waals surface area contributed by atoms with Gasteiger partial charge in [0.05, 0.1) is 11.3 Å². The van der Waals surface area contributed by atoms with Crippen LogP contribution < -0.4 is 5.32 Å². The summed E-state index contributed by atoms with van der Waals surface area (Å²) < 4.78 is 0. The number of hydrogen-bond donors (Lipinski definition) is 1. The molecule has 1 fully saturated rings. The smallest absolute Gasteiger partial charge is 0.255 e. The predicted octanol–water partition coefficient (Wildman–Crippen LogP) is 4.62. The highest BCUT2D eigenvalue weighted by molar-refractivity contribution is 6.30. The molecule has 3 rings (SSSR count). The van der Waals surface area contributed by atoms with Crippen molar-refractivity contribution in [1.29, 1.82) is 0 Å². The number of carbonyl (C=O) groups is 2. The Bertz CT molecular complexity index is 809. The van der Waals surface area contributed by atoms with E-state index in [1.165, 1.54) is 6.08 Å². The maximum absolute atomic E-state index is 12.8. The number of halogens is 1. The zero-order chi connectivity index (χ0) is 18.4. The van der Waals surface area contributed by atoms with Crippen molar-refractivity contribution in [3.63, 3.8) is 0 Å². The van der Waals surface area contributed by atoms with Crippen molar-refractivity contribution in [2.75, 3.05) is 18.4 Å². The second-order valence-electron chi connectivity index (χ2n) is 6.27. The summed E-state index contributed by atoms with van der Waals surface area (Å²) in [5.41, 5.74) is 1.94. The van der Waals surface area contributed by atoms with E-state index in [0.717, 1.165) is 37.9 Å². The quantitative estimate of drug-likeness (QED) is 0.800. The van der Waals surface area contributed by atoms with Crippen molar-refractivity contribution in [1.82, 2.24) is 4.90 Å². The van der Waals surface area contributed by atoms with Crippen LogP contribution in [0, 0.1) is 0 Å². The number of benzene rings is 2. The van der Waals surface area contributed by atoms with Crippen LogP contribution in [-0.2, 0) is 4.79 Å². The molecule has 1 aliphatic rings. The number of rotatable bonds is 4. The van der Waals surface area contributed by atoms with E-state index in [-0.39, 0.29) is 11.8 Å². The standard InChI is InChI=1S/C21H21ClN2O2/c22-17-11-8-16(9-12-17)10-13-20(25)23-19-7-3-2-6-18(19)21(26)24-14-4-1-5-15-24/h2-3,6-13H,1,4-5,14-15H2,(H,23,25)/b13-10+. The van der Waals surface area contributed by atoms with Gasteiger partial charge >= 0.3 is 0 Å². The van der Waals surface area contributed by atoms with Gasteiger partial charge in [0.25, 0.3) is 5.91 Å². The molecule has 0 saturated carbocycles. The molecule has 2 aromatic carbocycles. The van der Waals surface area contributed by atoms with Gasteiger partial charge in [-0.25, -0.2) is 0 Å². The van der Waals surface area contributed by atoms with Crippen molar-refractivity contribution in [2.45, 2.75) is 19.3 Å². The number of nitrogens with zero attached hydrogens (tertiary/aromatic N) is 1. The number of likely N-dealkylation sites (tertiary alicyclic amines) is 1. The molecule has 0 spiro atoms. The van der Waals surface area contributed by atoms with E-state index in [9.17, 15) is 9.59 Å². The molecule has 1 aliphatic heterocycles. The van der Waals surface area contributed by atoms with Gasteiger partial charge in [-0.2, -0.15) is 0 Å². The summed E-state index contributed by atoms with van der Waals surface area (Å²) in [6, 6.07) is 14.3. The third-order valence-corrected chi connectivity index (χ3v) is 4.61. The molecule has 5 heteroatoms. The summed E-state index contributed by atoms with van der Waals surface area (Å²) in [5.74, 6) is -0.305. The van der Waals surface area contributed by atoms with Crippen molar-refractivity contribution < 1.29 is 9.59 Å². The van der Waals surface area contributed by atoms with E-state index >= 15 is 0 Å². The Morgan fingerprint density at radius 1 is 0.962 bits per heavy atom. The van der Waals surface area contributed by atoms with E-state index in [4.69, 9.17) is 11.6 Å². The maximum Gasteiger partial charge on any atom is 0.255 e. The Balaban J connectivity index is 1.70. The predicted molar refractivity (Wildman–Crippen MR) is 105 cm³/mol. The largest absolute Gasteiger partial charge is 0.339 e. The molecular weight excluding hydrogens is 348 g/mol. The van der Waals surface area contributed by atoms with Crippen LogP contribution in [-0.4, -0.2) is 29.8 Å². The molecule has 0 aromatic heterocycles. The Hall–Kier alpha value is -2.59. The lowest BCUT2D eigenvalue weighted by atomic mass is 10.1. The topological polar surface area (TPSA) is 49.4 Å². The minimum absolute atomic E-state index is 0.0257. The highest BCUT2D eigenvalue weighted by atomic mass is 35.5. The van der Waals surface area contributed by atoms with Gasteiger partial charge in [0.2, 0.25) is 5.91 Å². The number of hydrogen-bond acceptors (Lipinski definition) is 2. The van der Waals surface area contributed by atoms with Gasteiger partial charge in [0, 0.05) is 24.2 Å². The fourth-order valence-electron chi connectivity index (χ4n) is 2.97. The van der Waals surface area contributed by atoms with Crippen LogP contribution in [0.15, 0.2) is 54.6 Å². The highest BCUT2D eigenvalue weighted by Crippen LogP contribution is 2.20. The fraction of sp³-hybridized carbons (Fsp3) is 0.238. The van der Waals surface area contributed by atoms with Crippen LogP contribution in [0.25, 0.3) is 6.08 Å². The average molecular weight is 369 g/mol. The summed E-state index contributed by atoms with van der Waals surface area (Å²) in [7, 11) is 0. The fourth-order valence-corrected chi connectivity index (χ4v) is 3.09. The van der Waals surface area contributed by atoms with Crippen LogP contribution in [0.4, 0.5) is 5.69 Å². The van der Waals surface area contributed by atoms with Crippen molar-refractivity contribution in [3.8, 4) is 0 Å². The Morgan fingerprint density at radius 2 is 1.65 bits per heavy atom. The Morgan fingerprint density at radius 3 is 2.38 bits per heavy atom. The minimum atomic E-state index is -0.279. The zero-order valence-corrected chi connectivity index (χ0v) is 15.2. The summed E-state index contributed by atoms with van der Waals surface area (Å²) in [4.78, 5) is 26.9. The maximum atomic E-state index is 12.8. The first-order valence-electron chi connectivity index (χ1n) is 8.76. The third-order valence-electron chi connectivity index (χ3n) is 4.36. The average Bonchev–Trinajstić information content (AvgIpc) is 2.68. The van der Waals surface area contributed by atoms with E-state index in [2.05, 4.69) is 5.32 Å². The van der Waals surface area contributed by atoms with Crippen molar-refractivity contribution >= 4 is 35.2 Å². The Labute approximate surface area is 158 Å². The molecule has 1 saturated heterocycles. The summed E-state index contributed by atoms with van der Waals surface area (Å²) in [6.07, 6.45) is 6.39. The lowest BCUT2D eigenvalue weighted by molar-refractivity contribution is -0.111. The van der Waals surface area contributed by atoms with Gasteiger partial charge in [-0.05, 0) is 55.2 Å². The normalized spacial score (nSPS) is 14.4. The van der Waals surface area contributed by atoms with E-state index in [1.54, 1.807) is 30.3 Å². The van der Waals surface area contributed by atoms with Gasteiger partial charge in [0.15, 0.2) is 0 Å². The number of amides is 2. The zero-order valence-electron chi connectivity index (χ0n) is 14.5. The molecule has 0 unspecified atom stereocenters. The molecular formula is C21H21ClN2O2. The molecule has 1 N–H and O–H groups in total. The van der Waals surface area contributed by atoms with E-state index in [1.807, 2.05) is 29.2 Å². The highest BCUT2D eigenvalue weighted by Gasteiger charge is 2.20. The first-order chi connectivity index (χ1) is 12.6. The number of nitrogens with one attached hydrogen (secondary N) is 1. The molecule has 1 heterocycles. The van der Waals surface area contributed by atoms with Gasteiger partial charge in [0.1, 0.15) is 0 Å². The molecule has 0 aliphatic carbocycles. The van der Waals surface area contributed by atoms with Crippen molar-refractivity contribution in [3.05, 3.63) is 70.8 Å². The van der Waals surface area contributed by atoms with Gasteiger partial charge in [-0.15, -0.1) is 0 Å². The van der Waals surface area contributed by atoms with Gasteiger partial charge < -0.3 is 10.2 Å². The van der Waals surface area contributed by atoms with Gasteiger partial charge in [-0.3, -0.25) is 9.59 Å². The second-order valence-corrected chi connectivity index (χ2v) is 6.71. The number of carbonyl (C=O) groups excluding carboxylic acids is 2. The molecule has 26 heavy (non-hydrogen) atoms. The lowest BCUT2D eigenvalue weighted by Gasteiger charge is -2.27. The number of para-hydroxylation sites is 1. The molecule has 4 nitrogen and oxygen atoms in total. The molecule has 2 aromatic rings. The summed E-state index contributed by atoms with van der Waals surface area (Å²) >= 11 is 5.85. The molecule has 134 valence electrons. The van der Waals surface area contributed by atoms with Gasteiger partial charge in [-0.1, -0.05) is 35.9 Å². The van der Waals surface area contributed by atoms with Crippen molar-refractivity contribution in [2.24, 2.45) is 0 Å². The number of anilines is 1. The third kappa shape index (κ3) is 4.73. The van der Waals surface area contributed by atoms with E-state index in [0.29, 0.717) is 16.3 Å². The molecule has 0 bridgehead atoms. The van der Waals surface area contributed by atoms with Crippen LogP contribution in [0.3, 0.4) is 0 Å². The monoisotopic (exact) mass is 368 g/mol. The lowest BCUT2D eigenvalue weighted by Crippen LogP contribution is -2.36. The first-order valence-corrected chi connectivity index (χ1v) is 9.14. The molecule has 2 amide bonds. The summed E-state index contributed by atoms with van der Waals surface area (Å²) in [5, 5.41) is 3.46. The van der Waals surface area contributed by atoms with Crippen LogP contribution in [0.5, 0.6) is 0 Å². The molecule has 0 radical (unpaired) electrons. The van der Waals surface area contributed by atoms with Crippen LogP contribution >= 0.6 is 11.6 Å². The second kappa shape index (κ2) is 8.68. The number of piperidine rings is 1. The minimum Gasteiger partial charge on any atom is -0.339 e. The Kier molecular flexibility index (Phi) is 6.08. The van der Waals surface area contributed by atoms with Crippen LogP contribution in [0.2, 0.25) is 5.02 Å².